The van der Waals surface area contributed by atoms with Gasteiger partial charge in [0.2, 0.25) is 0 Å². The lowest BCUT2D eigenvalue weighted by molar-refractivity contribution is -0.883. The number of ether oxygens (including phenoxy) is 1. The van der Waals surface area contributed by atoms with Gasteiger partial charge in [-0.25, -0.2) is 4.79 Å². The second kappa shape index (κ2) is 6.75. The van der Waals surface area contributed by atoms with Gasteiger partial charge in [-0.3, -0.25) is 0 Å². The number of hydrogen-bond donors (Lipinski definition) is 2. The van der Waals surface area contributed by atoms with Crippen LogP contribution in [0.1, 0.15) is 0 Å². The fraction of sp³-hybridized carbons (Fsp3) is 0.889. The summed E-state index contributed by atoms with van der Waals surface area (Å²) in [6, 6.07) is 0. The monoisotopic (exact) mass is 205 g/mol. The molecule has 0 bridgehead atoms. The Morgan fingerprint density at radius 2 is 2.07 bits per heavy atom. The number of hydrogen-bond acceptors (Lipinski definition) is 3. The van der Waals surface area contributed by atoms with Crippen LogP contribution in [0.4, 0.5) is 0 Å². The zero-order chi connectivity index (χ0) is 11.0. The number of carbonyl (C=O) groups is 1. The first-order valence-electron chi connectivity index (χ1n) is 4.74. The highest BCUT2D eigenvalue weighted by Gasteiger charge is 2.18. The van der Waals surface area contributed by atoms with Crippen LogP contribution in [0.15, 0.2) is 0 Å². The Morgan fingerprint density at radius 1 is 1.43 bits per heavy atom. The molecule has 84 valence electrons. The fourth-order valence-electron chi connectivity index (χ4n) is 1.03. The number of nitrogens with zero attached hydrogens (tertiary/aromatic N) is 1. The van der Waals surface area contributed by atoms with Crippen LogP contribution in [0, 0.1) is 0 Å². The predicted molar refractivity (Wildman–Crippen MR) is 54.2 cm³/mol. The van der Waals surface area contributed by atoms with Crippen molar-refractivity contribution in [3.8, 4) is 0 Å². The zero-order valence-electron chi connectivity index (χ0n) is 9.25. The van der Waals surface area contributed by atoms with E-state index in [9.17, 15) is 4.79 Å². The third-order valence-electron chi connectivity index (χ3n) is 1.90. The standard InChI is InChI=1S/C9H20N2O3/c1-10-4-6-14-7-5-11(2,3)8-9(12)13/h10H,4-8H2,1-3H3/p+1. The third-order valence-corrected chi connectivity index (χ3v) is 1.90. The second-order valence-electron chi connectivity index (χ2n) is 3.93. The van der Waals surface area contributed by atoms with E-state index in [1.807, 2.05) is 21.1 Å². The number of aliphatic carboxylic acids is 1. The third kappa shape index (κ3) is 7.97. The Kier molecular flexibility index (Phi) is 6.44. The molecule has 0 aromatic rings. The van der Waals surface area contributed by atoms with E-state index < -0.39 is 5.97 Å². The van der Waals surface area contributed by atoms with Crippen molar-refractivity contribution >= 4 is 5.97 Å². The van der Waals surface area contributed by atoms with Crippen molar-refractivity contribution in [3.63, 3.8) is 0 Å². The van der Waals surface area contributed by atoms with Crippen LogP contribution in [-0.4, -0.2) is 69.5 Å². The van der Waals surface area contributed by atoms with E-state index in [-0.39, 0.29) is 6.54 Å². The van der Waals surface area contributed by atoms with E-state index in [0.29, 0.717) is 17.7 Å². The molecule has 0 spiro atoms. The number of nitrogens with one attached hydrogen (secondary N) is 1. The summed E-state index contributed by atoms with van der Waals surface area (Å²) in [6.45, 7) is 2.95. The van der Waals surface area contributed by atoms with Gasteiger partial charge in [0, 0.05) is 6.54 Å². The van der Waals surface area contributed by atoms with Crippen LogP contribution < -0.4 is 5.32 Å². The summed E-state index contributed by atoms with van der Waals surface area (Å²) in [7, 11) is 5.64. The van der Waals surface area contributed by atoms with E-state index in [1.165, 1.54) is 0 Å². The first kappa shape index (κ1) is 13.4. The van der Waals surface area contributed by atoms with E-state index in [0.717, 1.165) is 13.1 Å². The summed E-state index contributed by atoms with van der Waals surface area (Å²) < 4.78 is 5.77. The van der Waals surface area contributed by atoms with Crippen LogP contribution in [0.2, 0.25) is 0 Å². The maximum Gasteiger partial charge on any atom is 0.359 e. The van der Waals surface area contributed by atoms with Gasteiger partial charge in [-0.05, 0) is 7.05 Å². The van der Waals surface area contributed by atoms with Crippen molar-refractivity contribution in [2.24, 2.45) is 0 Å². The van der Waals surface area contributed by atoms with Crippen LogP contribution >= 0.6 is 0 Å². The summed E-state index contributed by atoms with van der Waals surface area (Å²) >= 11 is 0. The highest BCUT2D eigenvalue weighted by atomic mass is 16.5. The molecular weight excluding hydrogens is 184 g/mol. The highest BCUT2D eigenvalue weighted by Crippen LogP contribution is 1.95. The van der Waals surface area contributed by atoms with Gasteiger partial charge >= 0.3 is 5.97 Å². The van der Waals surface area contributed by atoms with Crippen molar-refractivity contribution < 1.29 is 19.1 Å². The smallest absolute Gasteiger partial charge is 0.359 e. The minimum atomic E-state index is -0.773. The van der Waals surface area contributed by atoms with E-state index in [1.54, 1.807) is 0 Å². The summed E-state index contributed by atoms with van der Waals surface area (Å²) in [5.74, 6) is -0.773. The molecule has 0 aromatic heterocycles. The first-order valence-corrected chi connectivity index (χ1v) is 4.74. The van der Waals surface area contributed by atoms with Crippen molar-refractivity contribution in [1.29, 1.82) is 0 Å². The molecule has 0 aliphatic carbocycles. The topological polar surface area (TPSA) is 58.6 Å². The number of quaternary nitrogens is 1. The molecule has 0 aliphatic rings. The van der Waals surface area contributed by atoms with Crippen LogP contribution in [0.3, 0.4) is 0 Å². The molecule has 0 radical (unpaired) electrons. The van der Waals surface area contributed by atoms with Gasteiger partial charge in [0.25, 0.3) is 0 Å². The van der Waals surface area contributed by atoms with E-state index >= 15 is 0 Å². The summed E-state index contributed by atoms with van der Waals surface area (Å²) in [6.07, 6.45) is 0. The van der Waals surface area contributed by atoms with Gasteiger partial charge in [0.05, 0.1) is 27.3 Å². The van der Waals surface area contributed by atoms with Crippen molar-refractivity contribution in [2.45, 2.75) is 0 Å². The van der Waals surface area contributed by atoms with E-state index in [4.69, 9.17) is 9.84 Å². The van der Waals surface area contributed by atoms with Crippen LogP contribution in [0.25, 0.3) is 0 Å². The lowest BCUT2D eigenvalue weighted by Crippen LogP contribution is -2.46. The lowest BCUT2D eigenvalue weighted by atomic mass is 10.4. The maximum absolute atomic E-state index is 10.5. The number of likely N-dealkylation sites (N-methyl/N-ethyl adjacent to an activating group) is 2. The van der Waals surface area contributed by atoms with Gasteiger partial charge < -0.3 is 19.6 Å². The Labute approximate surface area is 85.2 Å². The SMILES string of the molecule is CNCCOCC[N+](C)(C)CC(=O)O. The molecule has 0 saturated heterocycles. The Balaban J connectivity index is 3.50. The Morgan fingerprint density at radius 3 is 2.57 bits per heavy atom. The Bertz CT molecular complexity index is 171. The molecule has 2 N–H and O–H groups in total. The Hall–Kier alpha value is -0.650. The second-order valence-corrected chi connectivity index (χ2v) is 3.93. The number of carboxylic acids is 1. The normalized spacial score (nSPS) is 11.6. The largest absolute Gasteiger partial charge is 0.477 e. The quantitative estimate of drug-likeness (QED) is 0.410. The summed E-state index contributed by atoms with van der Waals surface area (Å²) in [5, 5.41) is 11.6. The van der Waals surface area contributed by atoms with Crippen molar-refractivity contribution in [3.05, 3.63) is 0 Å². The molecule has 0 aliphatic heterocycles. The van der Waals surface area contributed by atoms with Gasteiger partial charge in [-0.1, -0.05) is 0 Å². The van der Waals surface area contributed by atoms with Gasteiger partial charge in [0.1, 0.15) is 6.54 Å². The van der Waals surface area contributed by atoms with Crippen LogP contribution in [0.5, 0.6) is 0 Å². The summed E-state index contributed by atoms with van der Waals surface area (Å²) in [5.41, 5.74) is 0. The molecule has 5 nitrogen and oxygen atoms in total. The fourth-order valence-corrected chi connectivity index (χ4v) is 1.03. The maximum atomic E-state index is 10.5. The molecule has 0 aromatic carbocycles. The molecule has 0 fully saturated rings. The van der Waals surface area contributed by atoms with Gasteiger partial charge in [-0.2, -0.15) is 0 Å². The first-order chi connectivity index (χ1) is 6.48. The van der Waals surface area contributed by atoms with Gasteiger partial charge in [0.15, 0.2) is 6.54 Å². The van der Waals surface area contributed by atoms with Crippen molar-refractivity contribution in [1.82, 2.24) is 5.32 Å². The molecule has 0 heterocycles. The lowest BCUT2D eigenvalue weighted by Gasteiger charge is -2.27. The van der Waals surface area contributed by atoms with Crippen LogP contribution in [-0.2, 0) is 9.53 Å². The van der Waals surface area contributed by atoms with Crippen molar-refractivity contribution in [2.75, 3.05) is 54.0 Å². The zero-order valence-corrected chi connectivity index (χ0v) is 9.25. The molecule has 0 amide bonds. The summed E-state index contributed by atoms with van der Waals surface area (Å²) in [4.78, 5) is 10.5. The predicted octanol–water partition coefficient (Wildman–Crippen LogP) is -0.617. The van der Waals surface area contributed by atoms with E-state index in [2.05, 4.69) is 5.32 Å². The molecule has 0 rings (SSSR count). The molecule has 14 heavy (non-hydrogen) atoms. The average Bonchev–Trinajstić information content (AvgIpc) is 2.01. The number of rotatable bonds is 8. The minimum Gasteiger partial charge on any atom is -0.477 e. The molecule has 0 saturated carbocycles. The highest BCUT2D eigenvalue weighted by molar-refractivity contribution is 5.67. The molecule has 0 atom stereocenters. The molecule has 5 heteroatoms. The van der Waals surface area contributed by atoms with Gasteiger partial charge in [-0.15, -0.1) is 0 Å². The number of carboxylic acid groups (broad SMARTS) is 1. The molecular formula is C9H21N2O3+. The molecule has 0 unspecified atom stereocenters. The average molecular weight is 205 g/mol. The minimum absolute atomic E-state index is 0.134.